The molecule has 66 valence electrons. The molecule has 0 saturated carbocycles. The Hall–Kier alpha value is -0.620. The monoisotopic (exact) mass is 207 g/mol. The minimum atomic E-state index is -1.11. The van der Waals surface area contributed by atoms with Crippen LogP contribution < -0.4 is 0 Å². The smallest absolute Gasteiger partial charge is 0.333 e. The fraction of sp³-hybridized carbons (Fsp3) is 0.600. The molecule has 1 heterocycles. The molecule has 0 aromatic heterocycles. The van der Waals surface area contributed by atoms with E-state index in [0.717, 1.165) is 0 Å². The van der Waals surface area contributed by atoms with Crippen LogP contribution in [0.1, 0.15) is 0 Å². The van der Waals surface area contributed by atoms with Crippen molar-refractivity contribution in [2.45, 2.75) is 11.5 Å². The van der Waals surface area contributed by atoms with Gasteiger partial charge in [-0.1, -0.05) is 23.4 Å². The maximum Gasteiger partial charge on any atom is 0.333 e. The topological polar surface area (TPSA) is 74.4 Å². The summed E-state index contributed by atoms with van der Waals surface area (Å²) >= 11 is 6.89. The number of carbonyl (C=O) groups is 1. The highest BCUT2D eigenvalue weighted by Gasteiger charge is 2.29. The molecule has 0 saturated heterocycles. The number of halogens is 1. The van der Waals surface area contributed by atoms with Gasteiger partial charge in [0.1, 0.15) is 0 Å². The number of nitrogens with zero attached hydrogens (tertiary/aromatic N) is 3. The van der Waals surface area contributed by atoms with Gasteiger partial charge in [-0.25, -0.2) is 9.79 Å². The van der Waals surface area contributed by atoms with E-state index in [0.29, 0.717) is 5.17 Å². The Morgan fingerprint density at radius 2 is 2.42 bits per heavy atom. The van der Waals surface area contributed by atoms with Crippen molar-refractivity contribution in [1.29, 1.82) is 0 Å². The Labute approximate surface area is 77.9 Å². The fourth-order valence-corrected chi connectivity index (χ4v) is 1.29. The van der Waals surface area contributed by atoms with Gasteiger partial charge in [0.2, 0.25) is 11.2 Å². The highest BCUT2D eigenvalue weighted by atomic mass is 35.5. The Balaban J connectivity index is 2.74. The average molecular weight is 208 g/mol. The number of carboxylic acid groups (broad SMARTS) is 1. The molecular formula is C5H6ClN3O2S. The van der Waals surface area contributed by atoms with Gasteiger partial charge in [0, 0.05) is 0 Å². The largest absolute Gasteiger partial charge is 0.480 e. The molecule has 5 nitrogen and oxygen atoms in total. The highest BCUT2D eigenvalue weighted by Crippen LogP contribution is 2.18. The van der Waals surface area contributed by atoms with E-state index in [9.17, 15) is 4.79 Å². The van der Waals surface area contributed by atoms with Gasteiger partial charge in [0.15, 0.2) is 5.50 Å². The van der Waals surface area contributed by atoms with Crippen molar-refractivity contribution in [3.8, 4) is 0 Å². The first-order valence-electron chi connectivity index (χ1n) is 3.04. The first-order valence-corrected chi connectivity index (χ1v) is 4.71. The van der Waals surface area contributed by atoms with Crippen LogP contribution in [0, 0.1) is 0 Å². The normalized spacial score (nSPS) is 28.3. The van der Waals surface area contributed by atoms with Gasteiger partial charge in [0.25, 0.3) is 0 Å². The summed E-state index contributed by atoms with van der Waals surface area (Å²) < 4.78 is 0. The molecule has 0 aromatic carbocycles. The SMILES string of the molecule is CSC1=NC(Cl)C(C(=O)O)N=N1. The van der Waals surface area contributed by atoms with Gasteiger partial charge in [-0.05, 0) is 6.26 Å². The fourth-order valence-electron chi connectivity index (χ4n) is 0.629. The molecule has 1 aliphatic heterocycles. The van der Waals surface area contributed by atoms with Crippen LogP contribution in [0.15, 0.2) is 15.2 Å². The van der Waals surface area contributed by atoms with Crippen LogP contribution in [0.5, 0.6) is 0 Å². The second kappa shape index (κ2) is 3.86. The van der Waals surface area contributed by atoms with Crippen LogP contribution in [0.4, 0.5) is 0 Å². The lowest BCUT2D eigenvalue weighted by Crippen LogP contribution is -2.29. The van der Waals surface area contributed by atoms with Crippen molar-refractivity contribution >= 4 is 34.5 Å². The van der Waals surface area contributed by atoms with Crippen LogP contribution >= 0.6 is 23.4 Å². The summed E-state index contributed by atoms with van der Waals surface area (Å²) in [7, 11) is 0. The lowest BCUT2D eigenvalue weighted by atomic mass is 10.3. The van der Waals surface area contributed by atoms with Gasteiger partial charge in [-0.2, -0.15) is 5.11 Å². The number of amidine groups is 1. The standard InChI is InChI=1S/C5H6ClN3O2S/c1-12-5-7-3(6)2(4(10)11)8-9-5/h2-3H,1H3,(H,10,11). The summed E-state index contributed by atoms with van der Waals surface area (Å²) in [5, 5.41) is 16.0. The van der Waals surface area contributed by atoms with E-state index in [1.54, 1.807) is 6.26 Å². The Morgan fingerprint density at radius 1 is 1.75 bits per heavy atom. The van der Waals surface area contributed by atoms with Gasteiger partial charge < -0.3 is 5.11 Å². The zero-order chi connectivity index (χ0) is 9.14. The van der Waals surface area contributed by atoms with Crippen molar-refractivity contribution in [1.82, 2.24) is 0 Å². The third-order valence-electron chi connectivity index (χ3n) is 1.20. The molecule has 0 fully saturated rings. The number of azo groups is 1. The van der Waals surface area contributed by atoms with E-state index >= 15 is 0 Å². The lowest BCUT2D eigenvalue weighted by molar-refractivity contribution is -0.138. The molecular weight excluding hydrogens is 202 g/mol. The number of hydrogen-bond donors (Lipinski definition) is 1. The van der Waals surface area contributed by atoms with Crippen molar-refractivity contribution < 1.29 is 9.90 Å². The average Bonchev–Trinajstić information content (AvgIpc) is 2.03. The van der Waals surface area contributed by atoms with E-state index < -0.39 is 17.5 Å². The van der Waals surface area contributed by atoms with Crippen LogP contribution in [-0.4, -0.2) is 34.0 Å². The molecule has 7 heteroatoms. The van der Waals surface area contributed by atoms with Gasteiger partial charge in [-0.15, -0.1) is 5.11 Å². The number of thioether (sulfide) groups is 1. The molecule has 0 amide bonds. The molecule has 1 N–H and O–H groups in total. The zero-order valence-electron chi connectivity index (χ0n) is 6.14. The van der Waals surface area contributed by atoms with Gasteiger partial charge >= 0.3 is 5.97 Å². The quantitative estimate of drug-likeness (QED) is 0.519. The summed E-state index contributed by atoms with van der Waals surface area (Å²) in [5.74, 6) is -1.11. The molecule has 1 rings (SSSR count). The number of carboxylic acids is 1. The van der Waals surface area contributed by atoms with Crippen molar-refractivity contribution in [2.24, 2.45) is 15.2 Å². The number of aliphatic carboxylic acids is 1. The lowest BCUT2D eigenvalue weighted by Gasteiger charge is -2.13. The van der Waals surface area contributed by atoms with E-state index in [-0.39, 0.29) is 0 Å². The molecule has 0 bridgehead atoms. The Bertz CT molecular complexity index is 255. The van der Waals surface area contributed by atoms with Crippen molar-refractivity contribution in [3.05, 3.63) is 0 Å². The third kappa shape index (κ3) is 1.95. The summed E-state index contributed by atoms with van der Waals surface area (Å²) in [6.07, 6.45) is 1.77. The second-order valence-corrected chi connectivity index (χ2v) is 3.21. The minimum absolute atomic E-state index is 0.410. The molecule has 0 radical (unpaired) electrons. The Morgan fingerprint density at radius 3 is 2.83 bits per heavy atom. The number of aliphatic imine (C=N–C) groups is 1. The molecule has 0 aliphatic carbocycles. The van der Waals surface area contributed by atoms with Gasteiger partial charge in [0.05, 0.1) is 0 Å². The van der Waals surface area contributed by atoms with Crippen LogP contribution in [-0.2, 0) is 4.79 Å². The van der Waals surface area contributed by atoms with E-state index in [1.165, 1.54) is 11.8 Å². The number of hydrogen-bond acceptors (Lipinski definition) is 5. The van der Waals surface area contributed by atoms with Crippen molar-refractivity contribution in [3.63, 3.8) is 0 Å². The first-order chi connectivity index (χ1) is 5.65. The van der Waals surface area contributed by atoms with Gasteiger partial charge in [-0.3, -0.25) is 0 Å². The third-order valence-corrected chi connectivity index (χ3v) is 2.09. The van der Waals surface area contributed by atoms with Crippen LogP contribution in [0.3, 0.4) is 0 Å². The number of alkyl halides is 1. The molecule has 2 atom stereocenters. The highest BCUT2D eigenvalue weighted by molar-refractivity contribution is 8.13. The summed E-state index contributed by atoms with van der Waals surface area (Å²) in [6.45, 7) is 0. The molecule has 12 heavy (non-hydrogen) atoms. The maximum absolute atomic E-state index is 10.4. The summed E-state index contributed by atoms with van der Waals surface area (Å²) in [4.78, 5) is 14.3. The summed E-state index contributed by atoms with van der Waals surface area (Å²) in [6, 6.07) is -1.05. The summed E-state index contributed by atoms with van der Waals surface area (Å²) in [5.41, 5.74) is -0.845. The molecule has 0 aromatic rings. The molecule has 2 unspecified atom stereocenters. The van der Waals surface area contributed by atoms with Crippen LogP contribution in [0.2, 0.25) is 0 Å². The number of rotatable bonds is 1. The maximum atomic E-state index is 10.4. The molecule has 0 spiro atoms. The van der Waals surface area contributed by atoms with Crippen LogP contribution in [0.25, 0.3) is 0 Å². The zero-order valence-corrected chi connectivity index (χ0v) is 7.71. The first kappa shape index (κ1) is 9.47. The van der Waals surface area contributed by atoms with E-state index in [1.807, 2.05) is 0 Å². The van der Waals surface area contributed by atoms with E-state index in [2.05, 4.69) is 15.2 Å². The van der Waals surface area contributed by atoms with Crippen molar-refractivity contribution in [2.75, 3.05) is 6.26 Å². The second-order valence-electron chi connectivity index (χ2n) is 1.99. The Kier molecular flexibility index (Phi) is 3.05. The minimum Gasteiger partial charge on any atom is -0.480 e. The predicted octanol–water partition coefficient (Wildman–Crippen LogP) is 1.19. The predicted molar refractivity (Wildman–Crippen MR) is 46.9 cm³/mol. The molecule has 1 aliphatic rings. The van der Waals surface area contributed by atoms with E-state index in [4.69, 9.17) is 16.7 Å².